The molecule has 0 rings (SSSR count). The lowest BCUT2D eigenvalue weighted by Gasteiger charge is -1.95. The highest BCUT2D eigenvalue weighted by molar-refractivity contribution is 4.85. The lowest BCUT2D eigenvalue weighted by Crippen LogP contribution is -1.87. The zero-order chi connectivity index (χ0) is 7.11. The van der Waals surface area contributed by atoms with E-state index in [4.69, 9.17) is 10.8 Å². The van der Waals surface area contributed by atoms with Crippen LogP contribution in [-0.2, 0) is 0 Å². The van der Waals surface area contributed by atoms with Gasteiger partial charge in [0.05, 0.1) is 0 Å². The summed E-state index contributed by atoms with van der Waals surface area (Å²) in [5.74, 6) is 0.309. The lowest BCUT2D eigenvalue weighted by molar-refractivity contribution is 0.380. The van der Waals surface area contributed by atoms with Crippen LogP contribution in [0.1, 0.15) is 32.6 Å². The van der Waals surface area contributed by atoms with E-state index in [1.807, 2.05) is 0 Å². The van der Waals surface area contributed by atoms with Crippen molar-refractivity contribution in [3.8, 4) is 0 Å². The standard InChI is InChI=1S/C7H15NO/c1-2-3-4-5-7(9)6-8/h6,9H,2-5,8H2,1H3/b7-6-. The molecule has 0 aromatic carbocycles. The number of hydrogen-bond donors (Lipinski definition) is 2. The molecule has 0 spiro atoms. The van der Waals surface area contributed by atoms with Gasteiger partial charge in [0, 0.05) is 12.6 Å². The maximum absolute atomic E-state index is 8.82. The Bertz CT molecular complexity index is 88.9. The fraction of sp³-hybridized carbons (Fsp3) is 0.714. The summed E-state index contributed by atoms with van der Waals surface area (Å²) < 4.78 is 0. The zero-order valence-electron chi connectivity index (χ0n) is 5.93. The quantitative estimate of drug-likeness (QED) is 0.450. The molecule has 0 fully saturated rings. The van der Waals surface area contributed by atoms with Crippen LogP contribution in [0, 0.1) is 0 Å². The Morgan fingerprint density at radius 3 is 2.67 bits per heavy atom. The highest BCUT2D eigenvalue weighted by Gasteiger charge is 1.89. The first kappa shape index (κ1) is 8.34. The Morgan fingerprint density at radius 1 is 1.56 bits per heavy atom. The van der Waals surface area contributed by atoms with E-state index in [0.29, 0.717) is 5.76 Å². The molecule has 0 aliphatic heterocycles. The number of unbranched alkanes of at least 4 members (excludes halogenated alkanes) is 2. The molecule has 0 unspecified atom stereocenters. The third-order valence-corrected chi connectivity index (χ3v) is 1.23. The summed E-state index contributed by atoms with van der Waals surface area (Å²) in [5, 5.41) is 8.82. The molecule has 0 saturated heterocycles. The van der Waals surface area contributed by atoms with Gasteiger partial charge in [-0.05, 0) is 6.42 Å². The molecule has 0 amide bonds. The van der Waals surface area contributed by atoms with E-state index in [0.717, 1.165) is 19.3 Å². The number of rotatable bonds is 4. The Balaban J connectivity index is 3.07. The van der Waals surface area contributed by atoms with Gasteiger partial charge in [-0.3, -0.25) is 0 Å². The second-order valence-electron chi connectivity index (χ2n) is 2.12. The summed E-state index contributed by atoms with van der Waals surface area (Å²) in [7, 11) is 0. The molecule has 2 nitrogen and oxygen atoms in total. The van der Waals surface area contributed by atoms with Crippen molar-refractivity contribution in [2.75, 3.05) is 0 Å². The number of allylic oxidation sites excluding steroid dienone is 1. The van der Waals surface area contributed by atoms with Crippen LogP contribution < -0.4 is 5.73 Å². The van der Waals surface area contributed by atoms with Crippen molar-refractivity contribution in [1.29, 1.82) is 0 Å². The molecule has 9 heavy (non-hydrogen) atoms. The fourth-order valence-corrected chi connectivity index (χ4v) is 0.639. The average Bonchev–Trinajstić information content (AvgIpc) is 1.89. The molecule has 0 heterocycles. The van der Waals surface area contributed by atoms with Crippen LogP contribution in [0.3, 0.4) is 0 Å². The zero-order valence-corrected chi connectivity index (χ0v) is 5.93. The molecule has 0 atom stereocenters. The Morgan fingerprint density at radius 2 is 2.22 bits per heavy atom. The SMILES string of the molecule is CCCCC/C(O)=C/N. The smallest absolute Gasteiger partial charge is 0.108 e. The molecule has 0 saturated carbocycles. The van der Waals surface area contributed by atoms with Gasteiger partial charge >= 0.3 is 0 Å². The number of aliphatic hydroxyl groups is 1. The average molecular weight is 129 g/mol. The van der Waals surface area contributed by atoms with Gasteiger partial charge in [0.25, 0.3) is 0 Å². The van der Waals surface area contributed by atoms with Crippen LogP contribution in [0.15, 0.2) is 12.0 Å². The molecular weight excluding hydrogens is 114 g/mol. The summed E-state index contributed by atoms with van der Waals surface area (Å²) in [6.45, 7) is 2.13. The fourth-order valence-electron chi connectivity index (χ4n) is 0.639. The molecule has 54 valence electrons. The molecule has 0 aromatic heterocycles. The second kappa shape index (κ2) is 5.48. The molecule has 0 bridgehead atoms. The maximum atomic E-state index is 8.82. The molecule has 0 aliphatic rings. The monoisotopic (exact) mass is 129 g/mol. The molecule has 0 aliphatic carbocycles. The first-order valence-electron chi connectivity index (χ1n) is 3.41. The van der Waals surface area contributed by atoms with Gasteiger partial charge in [-0.25, -0.2) is 0 Å². The van der Waals surface area contributed by atoms with E-state index in [1.165, 1.54) is 12.6 Å². The topological polar surface area (TPSA) is 46.2 Å². The minimum atomic E-state index is 0.309. The van der Waals surface area contributed by atoms with Crippen LogP contribution >= 0.6 is 0 Å². The Kier molecular flexibility index (Phi) is 5.07. The molecule has 2 heteroatoms. The van der Waals surface area contributed by atoms with Crippen molar-refractivity contribution >= 4 is 0 Å². The minimum Gasteiger partial charge on any atom is -0.511 e. The van der Waals surface area contributed by atoms with Crippen molar-refractivity contribution in [3.05, 3.63) is 12.0 Å². The van der Waals surface area contributed by atoms with E-state index in [1.54, 1.807) is 0 Å². The van der Waals surface area contributed by atoms with Crippen LogP contribution in [0.4, 0.5) is 0 Å². The van der Waals surface area contributed by atoms with Gasteiger partial charge < -0.3 is 10.8 Å². The predicted octanol–water partition coefficient (Wildman–Crippen LogP) is 1.92. The van der Waals surface area contributed by atoms with Crippen molar-refractivity contribution in [3.63, 3.8) is 0 Å². The number of nitrogens with two attached hydrogens (primary N) is 1. The molecule has 3 N–H and O–H groups in total. The van der Waals surface area contributed by atoms with Crippen molar-refractivity contribution in [2.45, 2.75) is 32.6 Å². The first-order chi connectivity index (χ1) is 4.31. The summed E-state index contributed by atoms with van der Waals surface area (Å²) in [5.41, 5.74) is 5.04. The van der Waals surface area contributed by atoms with Crippen LogP contribution in [0.5, 0.6) is 0 Å². The van der Waals surface area contributed by atoms with E-state index < -0.39 is 0 Å². The Labute approximate surface area is 56.4 Å². The van der Waals surface area contributed by atoms with Gasteiger partial charge in [-0.1, -0.05) is 19.8 Å². The van der Waals surface area contributed by atoms with Crippen molar-refractivity contribution < 1.29 is 5.11 Å². The van der Waals surface area contributed by atoms with Gasteiger partial charge in [-0.2, -0.15) is 0 Å². The molecular formula is C7H15NO. The first-order valence-corrected chi connectivity index (χ1v) is 3.41. The number of aliphatic hydroxyl groups excluding tert-OH is 1. The van der Waals surface area contributed by atoms with Crippen molar-refractivity contribution in [2.24, 2.45) is 5.73 Å². The van der Waals surface area contributed by atoms with E-state index in [-0.39, 0.29) is 0 Å². The van der Waals surface area contributed by atoms with Crippen molar-refractivity contribution in [1.82, 2.24) is 0 Å². The highest BCUT2D eigenvalue weighted by Crippen LogP contribution is 2.03. The molecule has 0 radical (unpaired) electrons. The van der Waals surface area contributed by atoms with E-state index in [9.17, 15) is 0 Å². The van der Waals surface area contributed by atoms with Crippen LogP contribution in [0.2, 0.25) is 0 Å². The third-order valence-electron chi connectivity index (χ3n) is 1.23. The normalized spacial score (nSPS) is 11.9. The summed E-state index contributed by atoms with van der Waals surface area (Å²) in [6, 6.07) is 0. The number of hydrogen-bond acceptors (Lipinski definition) is 2. The van der Waals surface area contributed by atoms with Gasteiger partial charge in [-0.15, -0.1) is 0 Å². The summed E-state index contributed by atoms with van der Waals surface area (Å²) in [6.07, 6.45) is 5.37. The maximum Gasteiger partial charge on any atom is 0.108 e. The van der Waals surface area contributed by atoms with Gasteiger partial charge in [0.2, 0.25) is 0 Å². The third kappa shape index (κ3) is 5.21. The summed E-state index contributed by atoms with van der Waals surface area (Å²) >= 11 is 0. The Hall–Kier alpha value is -0.660. The van der Waals surface area contributed by atoms with E-state index >= 15 is 0 Å². The summed E-state index contributed by atoms with van der Waals surface area (Å²) in [4.78, 5) is 0. The minimum absolute atomic E-state index is 0.309. The largest absolute Gasteiger partial charge is 0.511 e. The second-order valence-corrected chi connectivity index (χ2v) is 2.12. The van der Waals surface area contributed by atoms with Crippen LogP contribution in [0.25, 0.3) is 0 Å². The van der Waals surface area contributed by atoms with Gasteiger partial charge in [0.1, 0.15) is 5.76 Å². The predicted molar refractivity (Wildman–Crippen MR) is 39.0 cm³/mol. The highest BCUT2D eigenvalue weighted by atomic mass is 16.3. The van der Waals surface area contributed by atoms with E-state index in [2.05, 4.69) is 6.92 Å². The molecule has 0 aromatic rings. The van der Waals surface area contributed by atoms with Crippen LogP contribution in [-0.4, -0.2) is 5.11 Å². The van der Waals surface area contributed by atoms with Gasteiger partial charge in [0.15, 0.2) is 0 Å². The lowest BCUT2D eigenvalue weighted by atomic mass is 10.2.